The molecule has 9 heteroatoms. The fourth-order valence-electron chi connectivity index (χ4n) is 4.85. The summed E-state index contributed by atoms with van der Waals surface area (Å²) in [6.07, 6.45) is 2.44. The quantitative estimate of drug-likeness (QED) is 0.331. The number of carbonyl (C=O) groups is 1. The zero-order chi connectivity index (χ0) is 24.2. The van der Waals surface area contributed by atoms with Crippen LogP contribution < -0.4 is 4.90 Å². The lowest BCUT2D eigenvalue weighted by Crippen LogP contribution is -2.38. The van der Waals surface area contributed by atoms with Crippen molar-refractivity contribution in [3.05, 3.63) is 58.9 Å². The maximum atomic E-state index is 13.3. The molecule has 1 atom stereocenters. The van der Waals surface area contributed by atoms with Crippen LogP contribution in [0.4, 0.5) is 5.95 Å². The van der Waals surface area contributed by atoms with Crippen molar-refractivity contribution in [2.75, 3.05) is 43.6 Å². The summed E-state index contributed by atoms with van der Waals surface area (Å²) in [6.45, 7) is 9.34. The summed E-state index contributed by atoms with van der Waals surface area (Å²) in [5, 5.41) is 9.76. The Hall–Kier alpha value is -2.62. The molecule has 35 heavy (non-hydrogen) atoms. The number of ether oxygens (including phenoxy) is 2. The molecule has 0 unspecified atom stereocenters. The predicted octanol–water partition coefficient (Wildman–Crippen LogP) is 3.74. The SMILES string of the molecule is Cc1cc(C(=O)CSc2nnc(N3CCOCC3)n2Cc2ccccc2)c(C)n1C[C@H]1CCCO1. The third-order valence-electron chi connectivity index (χ3n) is 6.79. The fourth-order valence-corrected chi connectivity index (χ4v) is 5.67. The zero-order valence-corrected chi connectivity index (χ0v) is 21.3. The second-order valence-corrected chi connectivity index (χ2v) is 10.1. The summed E-state index contributed by atoms with van der Waals surface area (Å²) < 4.78 is 15.7. The summed E-state index contributed by atoms with van der Waals surface area (Å²) in [5.41, 5.74) is 4.08. The van der Waals surface area contributed by atoms with Crippen molar-refractivity contribution >= 4 is 23.5 Å². The third-order valence-corrected chi connectivity index (χ3v) is 7.76. The smallest absolute Gasteiger partial charge is 0.228 e. The molecule has 4 heterocycles. The Morgan fingerprint density at radius 2 is 1.89 bits per heavy atom. The number of ketones is 1. The highest BCUT2D eigenvalue weighted by molar-refractivity contribution is 7.99. The number of Topliss-reactive ketones (excluding diaryl/α,β-unsaturated/α-hetero) is 1. The molecule has 0 N–H and O–H groups in total. The van der Waals surface area contributed by atoms with Crippen molar-refractivity contribution in [3.8, 4) is 0 Å². The Morgan fingerprint density at radius 1 is 1.09 bits per heavy atom. The topological polar surface area (TPSA) is 74.4 Å². The van der Waals surface area contributed by atoms with Gasteiger partial charge in [0.25, 0.3) is 0 Å². The number of carbonyl (C=O) groups excluding carboxylic acids is 1. The number of aryl methyl sites for hydroxylation is 1. The number of rotatable bonds is 9. The molecule has 2 aliphatic heterocycles. The van der Waals surface area contributed by atoms with Gasteiger partial charge >= 0.3 is 0 Å². The average Bonchev–Trinajstić information content (AvgIpc) is 3.61. The van der Waals surface area contributed by atoms with Crippen LogP contribution in [0.25, 0.3) is 0 Å². The maximum Gasteiger partial charge on any atom is 0.228 e. The molecule has 5 rings (SSSR count). The molecule has 3 aromatic rings. The van der Waals surface area contributed by atoms with Crippen molar-refractivity contribution < 1.29 is 14.3 Å². The molecule has 2 aliphatic rings. The van der Waals surface area contributed by atoms with E-state index in [1.54, 1.807) is 0 Å². The highest BCUT2D eigenvalue weighted by Crippen LogP contribution is 2.27. The Labute approximate surface area is 210 Å². The Bertz CT molecular complexity index is 1150. The van der Waals surface area contributed by atoms with Crippen LogP contribution in [0.1, 0.15) is 40.2 Å². The normalized spacial score (nSPS) is 18.3. The molecular formula is C26H33N5O3S. The van der Waals surface area contributed by atoms with Crippen LogP contribution in [0.2, 0.25) is 0 Å². The lowest BCUT2D eigenvalue weighted by atomic mass is 10.2. The number of anilines is 1. The first-order chi connectivity index (χ1) is 17.1. The number of morpholine rings is 1. The van der Waals surface area contributed by atoms with E-state index >= 15 is 0 Å². The predicted molar refractivity (Wildman–Crippen MR) is 137 cm³/mol. The van der Waals surface area contributed by atoms with Crippen LogP contribution in [-0.4, -0.2) is 69.9 Å². The minimum atomic E-state index is 0.115. The summed E-state index contributed by atoms with van der Waals surface area (Å²) in [6, 6.07) is 12.3. The first-order valence-electron chi connectivity index (χ1n) is 12.3. The summed E-state index contributed by atoms with van der Waals surface area (Å²) in [5.74, 6) is 1.27. The maximum absolute atomic E-state index is 13.3. The molecule has 0 aliphatic carbocycles. The van der Waals surface area contributed by atoms with Gasteiger partial charge in [-0.2, -0.15) is 0 Å². The molecule has 0 radical (unpaired) electrons. The standard InChI is InChI=1S/C26H33N5O3S/c1-19-15-23(20(2)30(19)17-22-9-6-12-34-22)24(32)18-35-26-28-27-25(29-10-13-33-14-11-29)31(26)16-21-7-4-3-5-8-21/h3-5,7-8,15,22H,6,9-14,16-18H2,1-2H3/t22-/m1/s1. The van der Waals surface area contributed by atoms with Gasteiger partial charge in [-0.1, -0.05) is 42.1 Å². The summed E-state index contributed by atoms with van der Waals surface area (Å²) in [4.78, 5) is 15.5. The van der Waals surface area contributed by atoms with Crippen LogP contribution in [0.5, 0.6) is 0 Å². The summed E-state index contributed by atoms with van der Waals surface area (Å²) >= 11 is 1.46. The van der Waals surface area contributed by atoms with Crippen LogP contribution in [0, 0.1) is 13.8 Å². The molecule has 2 fully saturated rings. The van der Waals surface area contributed by atoms with Crippen LogP contribution in [-0.2, 0) is 22.6 Å². The average molecular weight is 496 g/mol. The zero-order valence-electron chi connectivity index (χ0n) is 20.5. The number of thioether (sulfide) groups is 1. The van der Waals surface area contributed by atoms with Gasteiger partial charge in [0, 0.05) is 43.2 Å². The number of hydrogen-bond donors (Lipinski definition) is 0. The molecule has 1 aromatic carbocycles. The van der Waals surface area contributed by atoms with Crippen molar-refractivity contribution in [1.29, 1.82) is 0 Å². The van der Waals surface area contributed by atoms with Gasteiger partial charge in [-0.05, 0) is 38.3 Å². The highest BCUT2D eigenvalue weighted by Gasteiger charge is 2.24. The molecule has 0 amide bonds. The van der Waals surface area contributed by atoms with Gasteiger partial charge in [0.1, 0.15) is 0 Å². The molecule has 2 aromatic heterocycles. The largest absolute Gasteiger partial charge is 0.378 e. The van der Waals surface area contributed by atoms with Crippen LogP contribution in [0.3, 0.4) is 0 Å². The van der Waals surface area contributed by atoms with Gasteiger partial charge < -0.3 is 18.9 Å². The molecule has 8 nitrogen and oxygen atoms in total. The molecule has 0 bridgehead atoms. The van der Waals surface area contributed by atoms with Gasteiger partial charge in [0.15, 0.2) is 10.9 Å². The Balaban J connectivity index is 1.32. The van der Waals surface area contributed by atoms with Crippen molar-refractivity contribution in [3.63, 3.8) is 0 Å². The first-order valence-corrected chi connectivity index (χ1v) is 13.3. The van der Waals surface area contributed by atoms with Gasteiger partial charge in [0.05, 0.1) is 31.6 Å². The number of hydrogen-bond acceptors (Lipinski definition) is 7. The van der Waals surface area contributed by atoms with E-state index in [-0.39, 0.29) is 11.9 Å². The van der Waals surface area contributed by atoms with Crippen LogP contribution in [0.15, 0.2) is 41.6 Å². The Kier molecular flexibility index (Phi) is 7.55. The minimum absolute atomic E-state index is 0.115. The van der Waals surface area contributed by atoms with Gasteiger partial charge in [-0.25, -0.2) is 0 Å². The van der Waals surface area contributed by atoms with Crippen molar-refractivity contribution in [1.82, 2.24) is 19.3 Å². The van der Waals surface area contributed by atoms with E-state index in [4.69, 9.17) is 9.47 Å². The van der Waals surface area contributed by atoms with Gasteiger partial charge in [-0.15, -0.1) is 10.2 Å². The van der Waals surface area contributed by atoms with Gasteiger partial charge in [-0.3, -0.25) is 9.36 Å². The molecule has 2 saturated heterocycles. The van der Waals surface area contributed by atoms with E-state index in [9.17, 15) is 4.79 Å². The Morgan fingerprint density at radius 3 is 2.63 bits per heavy atom. The van der Waals surface area contributed by atoms with E-state index in [0.29, 0.717) is 25.5 Å². The number of nitrogens with zero attached hydrogens (tertiary/aromatic N) is 5. The monoisotopic (exact) mass is 495 g/mol. The second kappa shape index (κ2) is 11.0. The lowest BCUT2D eigenvalue weighted by Gasteiger charge is -2.28. The molecule has 186 valence electrons. The van der Waals surface area contributed by atoms with E-state index in [1.165, 1.54) is 17.3 Å². The number of benzene rings is 1. The molecule has 0 saturated carbocycles. The van der Waals surface area contributed by atoms with Crippen LogP contribution >= 0.6 is 11.8 Å². The van der Waals surface area contributed by atoms with E-state index in [1.807, 2.05) is 31.2 Å². The summed E-state index contributed by atoms with van der Waals surface area (Å²) in [7, 11) is 0. The second-order valence-electron chi connectivity index (χ2n) is 9.20. The molecular weight excluding hydrogens is 462 g/mol. The molecule has 0 spiro atoms. The van der Waals surface area contributed by atoms with Crippen molar-refractivity contribution in [2.24, 2.45) is 0 Å². The highest BCUT2D eigenvalue weighted by atomic mass is 32.2. The third kappa shape index (κ3) is 5.47. The van der Waals surface area contributed by atoms with E-state index < -0.39 is 0 Å². The fraction of sp³-hybridized carbons (Fsp3) is 0.500. The lowest BCUT2D eigenvalue weighted by molar-refractivity contribution is 0.0957. The van der Waals surface area contributed by atoms with E-state index in [0.717, 1.165) is 67.1 Å². The van der Waals surface area contributed by atoms with Gasteiger partial charge in [0.2, 0.25) is 5.95 Å². The van der Waals surface area contributed by atoms with E-state index in [2.05, 4.69) is 43.3 Å². The first kappa shape index (κ1) is 24.1. The minimum Gasteiger partial charge on any atom is -0.378 e. The number of aromatic nitrogens is 4. The van der Waals surface area contributed by atoms with Crippen molar-refractivity contribution in [2.45, 2.75) is 51.0 Å².